The van der Waals surface area contributed by atoms with Gasteiger partial charge in [-0.15, -0.1) is 0 Å². The van der Waals surface area contributed by atoms with Crippen LogP contribution < -0.4 is 4.74 Å². The molecule has 1 aliphatic rings. The Labute approximate surface area is 172 Å². The van der Waals surface area contributed by atoms with E-state index in [0.29, 0.717) is 32.0 Å². The third-order valence-corrected chi connectivity index (χ3v) is 6.21. The number of hydrogen-bond donors (Lipinski definition) is 0. The molecule has 2 aromatic rings. The smallest absolute Gasteiger partial charge is 0.296 e. The van der Waals surface area contributed by atoms with Crippen LogP contribution in [0, 0.1) is 6.92 Å². The molecular formula is C22H28O6S. The number of aryl methyl sites for hydroxylation is 1. The zero-order chi connectivity index (χ0) is 20.7. The van der Waals surface area contributed by atoms with E-state index in [1.54, 1.807) is 24.3 Å². The van der Waals surface area contributed by atoms with Crippen LogP contribution in [0.3, 0.4) is 0 Å². The fourth-order valence-electron chi connectivity index (χ4n) is 2.99. The molecule has 29 heavy (non-hydrogen) atoms. The van der Waals surface area contributed by atoms with Crippen molar-refractivity contribution in [2.24, 2.45) is 0 Å². The third kappa shape index (κ3) is 6.02. The lowest BCUT2D eigenvalue weighted by Crippen LogP contribution is -2.45. The minimum absolute atomic E-state index is 0.0804. The van der Waals surface area contributed by atoms with Crippen molar-refractivity contribution in [2.45, 2.75) is 43.8 Å². The van der Waals surface area contributed by atoms with Crippen molar-refractivity contribution < 1.29 is 26.8 Å². The Morgan fingerprint density at radius 2 is 1.66 bits per heavy atom. The first-order valence-corrected chi connectivity index (χ1v) is 11.3. The van der Waals surface area contributed by atoms with Crippen molar-refractivity contribution in [3.05, 3.63) is 59.7 Å². The van der Waals surface area contributed by atoms with Gasteiger partial charge in [0.25, 0.3) is 10.1 Å². The Bertz CT molecular complexity index is 869. The molecular weight excluding hydrogens is 392 g/mol. The summed E-state index contributed by atoms with van der Waals surface area (Å²) in [5, 5.41) is 0. The van der Waals surface area contributed by atoms with Crippen molar-refractivity contribution in [3.8, 4) is 5.75 Å². The van der Waals surface area contributed by atoms with Gasteiger partial charge in [0.2, 0.25) is 5.79 Å². The fraction of sp³-hybridized carbons (Fsp3) is 0.455. The fourth-order valence-corrected chi connectivity index (χ4v) is 3.90. The van der Waals surface area contributed by atoms with Crippen LogP contribution in [0.25, 0.3) is 0 Å². The Morgan fingerprint density at radius 1 is 1.00 bits per heavy atom. The molecule has 1 fully saturated rings. The molecule has 0 amide bonds. The largest absolute Gasteiger partial charge is 0.488 e. The topological polar surface area (TPSA) is 71.1 Å². The van der Waals surface area contributed by atoms with Crippen LogP contribution in [0.15, 0.2) is 53.4 Å². The highest BCUT2D eigenvalue weighted by molar-refractivity contribution is 7.86. The minimum atomic E-state index is -3.74. The standard InChI is InChI=1S/C22H28O6S/c1-3-22(26-14-4-15-27-22)17-25-20-9-7-19(8-10-20)13-16-28-29(23,24)21-11-5-18(2)6-12-21/h5-12H,3-4,13-17H2,1-2H3. The highest BCUT2D eigenvalue weighted by atomic mass is 32.2. The van der Waals surface area contributed by atoms with Gasteiger partial charge in [0.1, 0.15) is 12.4 Å². The first-order chi connectivity index (χ1) is 13.9. The van der Waals surface area contributed by atoms with Gasteiger partial charge < -0.3 is 14.2 Å². The first-order valence-electron chi connectivity index (χ1n) is 9.88. The predicted octanol–water partition coefficient (Wildman–Crippen LogP) is 3.87. The van der Waals surface area contributed by atoms with E-state index in [0.717, 1.165) is 24.0 Å². The summed E-state index contributed by atoms with van der Waals surface area (Å²) >= 11 is 0. The van der Waals surface area contributed by atoms with Crippen molar-refractivity contribution in [1.29, 1.82) is 0 Å². The lowest BCUT2D eigenvalue weighted by atomic mass is 10.1. The van der Waals surface area contributed by atoms with Crippen LogP contribution in [0.1, 0.15) is 30.9 Å². The van der Waals surface area contributed by atoms with Crippen molar-refractivity contribution >= 4 is 10.1 Å². The lowest BCUT2D eigenvalue weighted by molar-refractivity contribution is -0.279. The molecule has 6 nitrogen and oxygen atoms in total. The van der Waals surface area contributed by atoms with E-state index >= 15 is 0 Å². The monoisotopic (exact) mass is 420 g/mol. The van der Waals surface area contributed by atoms with Crippen LogP contribution in [-0.4, -0.2) is 40.6 Å². The SMILES string of the molecule is CCC1(COc2ccc(CCOS(=O)(=O)c3ccc(C)cc3)cc2)OCCCO1. The van der Waals surface area contributed by atoms with E-state index in [2.05, 4.69) is 0 Å². The molecule has 0 saturated carbocycles. The molecule has 7 heteroatoms. The van der Waals surface area contributed by atoms with E-state index in [9.17, 15) is 8.42 Å². The second-order valence-electron chi connectivity index (χ2n) is 7.09. The van der Waals surface area contributed by atoms with Gasteiger partial charge in [-0.2, -0.15) is 8.42 Å². The lowest BCUT2D eigenvalue weighted by Gasteiger charge is -2.36. The Balaban J connectivity index is 1.48. The highest BCUT2D eigenvalue weighted by Gasteiger charge is 2.33. The first kappa shape index (κ1) is 21.8. The van der Waals surface area contributed by atoms with Gasteiger partial charge in [0, 0.05) is 6.42 Å². The molecule has 0 aliphatic carbocycles. The van der Waals surface area contributed by atoms with E-state index in [1.165, 1.54) is 0 Å². The summed E-state index contributed by atoms with van der Waals surface area (Å²) in [6.45, 7) is 5.70. The van der Waals surface area contributed by atoms with Crippen molar-refractivity contribution in [1.82, 2.24) is 0 Å². The van der Waals surface area contributed by atoms with Gasteiger partial charge in [0.05, 0.1) is 24.7 Å². The van der Waals surface area contributed by atoms with E-state index in [1.807, 2.05) is 38.1 Å². The van der Waals surface area contributed by atoms with Gasteiger partial charge in [-0.3, -0.25) is 4.18 Å². The van der Waals surface area contributed by atoms with Crippen molar-refractivity contribution in [2.75, 3.05) is 26.4 Å². The summed E-state index contributed by atoms with van der Waals surface area (Å²) < 4.78 is 47.0. The molecule has 0 N–H and O–H groups in total. The summed E-state index contributed by atoms with van der Waals surface area (Å²) in [5.74, 6) is 0.0438. The van der Waals surface area contributed by atoms with Gasteiger partial charge >= 0.3 is 0 Å². The molecule has 0 unspecified atom stereocenters. The second kappa shape index (κ2) is 9.71. The summed E-state index contributed by atoms with van der Waals surface area (Å²) in [4.78, 5) is 0.170. The summed E-state index contributed by atoms with van der Waals surface area (Å²) in [7, 11) is -3.74. The molecule has 158 valence electrons. The zero-order valence-corrected chi connectivity index (χ0v) is 17.7. The molecule has 0 bridgehead atoms. The molecule has 0 spiro atoms. The Kier molecular flexibility index (Phi) is 7.29. The molecule has 1 aliphatic heterocycles. The quantitative estimate of drug-likeness (QED) is 0.574. The average molecular weight is 421 g/mol. The van der Waals surface area contributed by atoms with Crippen LogP contribution in [-0.2, 0) is 30.2 Å². The van der Waals surface area contributed by atoms with Gasteiger partial charge in [-0.25, -0.2) is 0 Å². The normalized spacial score (nSPS) is 16.5. The molecule has 3 rings (SSSR count). The zero-order valence-electron chi connectivity index (χ0n) is 16.9. The average Bonchev–Trinajstić information content (AvgIpc) is 2.74. The number of benzene rings is 2. The maximum absolute atomic E-state index is 12.2. The highest BCUT2D eigenvalue weighted by Crippen LogP contribution is 2.24. The second-order valence-corrected chi connectivity index (χ2v) is 8.70. The van der Waals surface area contributed by atoms with Crippen LogP contribution in [0.4, 0.5) is 0 Å². The Hall–Kier alpha value is -1.93. The minimum Gasteiger partial charge on any atom is -0.488 e. The number of hydrogen-bond acceptors (Lipinski definition) is 6. The maximum atomic E-state index is 12.2. The van der Waals surface area contributed by atoms with E-state index in [4.69, 9.17) is 18.4 Å². The van der Waals surface area contributed by atoms with Gasteiger partial charge in [-0.05, 0) is 49.6 Å². The van der Waals surface area contributed by atoms with Crippen LogP contribution in [0.2, 0.25) is 0 Å². The van der Waals surface area contributed by atoms with Crippen LogP contribution >= 0.6 is 0 Å². The molecule has 1 saturated heterocycles. The van der Waals surface area contributed by atoms with Crippen molar-refractivity contribution in [3.63, 3.8) is 0 Å². The van der Waals surface area contributed by atoms with E-state index < -0.39 is 15.9 Å². The van der Waals surface area contributed by atoms with Gasteiger partial charge in [-0.1, -0.05) is 36.8 Å². The summed E-state index contributed by atoms with van der Waals surface area (Å²) in [6, 6.07) is 14.1. The van der Waals surface area contributed by atoms with E-state index in [-0.39, 0.29) is 11.5 Å². The molecule has 1 heterocycles. The molecule has 0 aromatic heterocycles. The summed E-state index contributed by atoms with van der Waals surface area (Å²) in [6.07, 6.45) is 2.10. The van der Waals surface area contributed by atoms with Crippen LogP contribution in [0.5, 0.6) is 5.75 Å². The molecule has 2 aromatic carbocycles. The molecule has 0 atom stereocenters. The predicted molar refractivity (Wildman–Crippen MR) is 110 cm³/mol. The molecule has 0 radical (unpaired) electrons. The maximum Gasteiger partial charge on any atom is 0.296 e. The van der Waals surface area contributed by atoms with Gasteiger partial charge in [0.15, 0.2) is 0 Å². The summed E-state index contributed by atoms with van der Waals surface area (Å²) in [5.41, 5.74) is 1.96. The third-order valence-electron chi connectivity index (χ3n) is 4.88. The number of rotatable bonds is 9. The number of ether oxygens (including phenoxy) is 3. The Morgan fingerprint density at radius 3 is 2.28 bits per heavy atom.